The third-order valence-corrected chi connectivity index (χ3v) is 3.56. The number of halogens is 1. The van der Waals surface area contributed by atoms with Crippen molar-refractivity contribution in [1.82, 2.24) is 0 Å². The predicted octanol–water partition coefficient (Wildman–Crippen LogP) is 2.28. The van der Waals surface area contributed by atoms with E-state index in [0.29, 0.717) is 4.88 Å². The highest BCUT2D eigenvalue weighted by Crippen LogP contribution is 2.31. The second kappa shape index (κ2) is 4.42. The van der Waals surface area contributed by atoms with Gasteiger partial charge in [-0.25, -0.2) is 4.79 Å². The van der Waals surface area contributed by atoms with E-state index in [1.54, 1.807) is 19.1 Å². The van der Waals surface area contributed by atoms with Gasteiger partial charge >= 0.3 is 5.97 Å². The molecule has 1 aromatic heterocycles. The van der Waals surface area contributed by atoms with Crippen LogP contribution in [0.1, 0.15) is 18.7 Å². The van der Waals surface area contributed by atoms with Crippen molar-refractivity contribution in [2.24, 2.45) is 0 Å². The van der Waals surface area contributed by atoms with Gasteiger partial charge in [0, 0.05) is 4.88 Å². The summed E-state index contributed by atoms with van der Waals surface area (Å²) in [5.74, 6) is -0.616. The van der Waals surface area contributed by atoms with Crippen LogP contribution in [-0.4, -0.2) is 17.7 Å². The Morgan fingerprint density at radius 1 is 1.71 bits per heavy atom. The van der Waals surface area contributed by atoms with E-state index >= 15 is 0 Å². The van der Waals surface area contributed by atoms with Gasteiger partial charge in [0.25, 0.3) is 0 Å². The summed E-state index contributed by atoms with van der Waals surface area (Å²) < 4.78 is 5.65. The van der Waals surface area contributed by atoms with Crippen molar-refractivity contribution in [3.05, 3.63) is 20.8 Å². The second-order valence-corrected chi connectivity index (χ2v) is 5.36. The Hall–Kier alpha value is -0.390. The molecule has 0 aliphatic rings. The van der Waals surface area contributed by atoms with Crippen molar-refractivity contribution in [3.63, 3.8) is 0 Å². The normalized spacial score (nSPS) is 14.9. The number of carbonyl (C=O) groups is 1. The Morgan fingerprint density at radius 3 is 2.79 bits per heavy atom. The van der Waals surface area contributed by atoms with E-state index in [0.717, 1.165) is 3.79 Å². The maximum absolute atomic E-state index is 11.4. The first-order valence-corrected chi connectivity index (χ1v) is 5.75. The molecule has 1 atom stereocenters. The van der Waals surface area contributed by atoms with Crippen LogP contribution < -0.4 is 0 Å². The van der Waals surface area contributed by atoms with Gasteiger partial charge in [0.15, 0.2) is 5.60 Å². The lowest BCUT2D eigenvalue weighted by Gasteiger charge is -2.18. The van der Waals surface area contributed by atoms with Gasteiger partial charge in [-0.2, -0.15) is 0 Å². The van der Waals surface area contributed by atoms with E-state index in [2.05, 4.69) is 15.9 Å². The van der Waals surface area contributed by atoms with Crippen LogP contribution in [0.15, 0.2) is 15.9 Å². The molecule has 14 heavy (non-hydrogen) atoms. The average Bonchev–Trinajstić information content (AvgIpc) is 2.52. The van der Waals surface area contributed by atoms with Crippen LogP contribution in [0.5, 0.6) is 0 Å². The number of thiophene rings is 1. The molecule has 1 heterocycles. The maximum Gasteiger partial charge on any atom is 0.343 e. The van der Waals surface area contributed by atoms with Gasteiger partial charge in [0.05, 0.1) is 10.4 Å². The number of aliphatic hydroxyl groups is 1. The molecular weight excluding hydrogens is 268 g/mol. The summed E-state index contributed by atoms with van der Waals surface area (Å²) in [6.07, 6.45) is 0. The Labute approximate surface area is 94.8 Å². The molecule has 0 saturated carbocycles. The molecule has 0 radical (unpaired) electrons. The summed E-state index contributed by atoms with van der Waals surface area (Å²) in [5, 5.41) is 9.91. The topological polar surface area (TPSA) is 46.5 Å². The zero-order valence-electron chi connectivity index (χ0n) is 7.91. The van der Waals surface area contributed by atoms with E-state index in [-0.39, 0.29) is 6.61 Å². The molecule has 0 unspecified atom stereocenters. The predicted molar refractivity (Wildman–Crippen MR) is 58.2 cm³/mol. The van der Waals surface area contributed by atoms with Crippen molar-refractivity contribution >= 4 is 33.2 Å². The van der Waals surface area contributed by atoms with Gasteiger partial charge in [0.2, 0.25) is 0 Å². The number of carbonyl (C=O) groups excluding carboxylic acids is 1. The van der Waals surface area contributed by atoms with Gasteiger partial charge in [-0.1, -0.05) is 0 Å². The van der Waals surface area contributed by atoms with E-state index in [1.807, 2.05) is 0 Å². The molecule has 78 valence electrons. The molecule has 0 aromatic carbocycles. The molecule has 0 amide bonds. The summed E-state index contributed by atoms with van der Waals surface area (Å²) in [4.78, 5) is 12.0. The lowest BCUT2D eigenvalue weighted by Crippen LogP contribution is -2.33. The smallest absolute Gasteiger partial charge is 0.343 e. The molecule has 0 spiro atoms. The van der Waals surface area contributed by atoms with Gasteiger partial charge in [0.1, 0.15) is 0 Å². The lowest BCUT2D eigenvalue weighted by molar-refractivity contribution is -0.163. The highest BCUT2D eigenvalue weighted by molar-refractivity contribution is 9.11. The minimum absolute atomic E-state index is 0.265. The van der Waals surface area contributed by atoms with E-state index in [1.165, 1.54) is 18.3 Å². The maximum atomic E-state index is 11.4. The molecule has 0 aliphatic carbocycles. The molecular formula is C9H11BrO3S. The summed E-state index contributed by atoms with van der Waals surface area (Å²) in [7, 11) is 0. The van der Waals surface area contributed by atoms with E-state index < -0.39 is 11.6 Å². The third kappa shape index (κ3) is 2.34. The first-order valence-electron chi connectivity index (χ1n) is 4.14. The minimum atomic E-state index is -1.55. The fourth-order valence-corrected chi connectivity index (χ4v) is 2.37. The van der Waals surface area contributed by atoms with Crippen LogP contribution in [0.4, 0.5) is 0 Å². The highest BCUT2D eigenvalue weighted by Gasteiger charge is 2.35. The largest absolute Gasteiger partial charge is 0.464 e. The molecule has 1 N–H and O–H groups in total. The summed E-state index contributed by atoms with van der Waals surface area (Å²) in [5.41, 5.74) is -1.55. The van der Waals surface area contributed by atoms with Gasteiger partial charge in [-0.15, -0.1) is 11.3 Å². The van der Waals surface area contributed by atoms with Crippen molar-refractivity contribution in [2.75, 3.05) is 6.61 Å². The molecule has 3 nitrogen and oxygen atoms in total. The monoisotopic (exact) mass is 278 g/mol. The van der Waals surface area contributed by atoms with Gasteiger partial charge in [-0.3, -0.25) is 0 Å². The molecule has 5 heteroatoms. The zero-order chi connectivity index (χ0) is 10.8. The van der Waals surface area contributed by atoms with E-state index in [9.17, 15) is 9.90 Å². The molecule has 0 fully saturated rings. The molecule has 1 rings (SSSR count). The molecule has 0 aliphatic heterocycles. The second-order valence-electron chi connectivity index (χ2n) is 2.90. The van der Waals surface area contributed by atoms with E-state index in [4.69, 9.17) is 4.74 Å². The third-order valence-electron chi connectivity index (χ3n) is 1.73. The Balaban J connectivity index is 2.89. The minimum Gasteiger partial charge on any atom is -0.464 e. The number of hydrogen-bond donors (Lipinski definition) is 1. The molecule has 0 saturated heterocycles. The number of hydrogen-bond acceptors (Lipinski definition) is 4. The van der Waals surface area contributed by atoms with Crippen molar-refractivity contribution < 1.29 is 14.6 Å². The van der Waals surface area contributed by atoms with Crippen LogP contribution in [0.2, 0.25) is 0 Å². The standard InChI is InChI=1S/C9H11BrO3S/c1-3-13-8(11)9(2,12)6-4-5-7(10)14-6/h4-5,12H,3H2,1-2H3/t9-/m1/s1. The Kier molecular flexibility index (Phi) is 3.69. The zero-order valence-corrected chi connectivity index (χ0v) is 10.3. The summed E-state index contributed by atoms with van der Waals surface area (Å²) >= 11 is 4.58. The fraction of sp³-hybridized carbons (Fsp3) is 0.444. The average molecular weight is 279 g/mol. The van der Waals surface area contributed by atoms with Crippen LogP contribution in [0.25, 0.3) is 0 Å². The van der Waals surface area contributed by atoms with Crippen LogP contribution in [0, 0.1) is 0 Å². The highest BCUT2D eigenvalue weighted by atomic mass is 79.9. The van der Waals surface area contributed by atoms with Gasteiger partial charge in [-0.05, 0) is 41.9 Å². The summed E-state index contributed by atoms with van der Waals surface area (Å²) in [6, 6.07) is 3.49. The lowest BCUT2D eigenvalue weighted by atomic mass is 10.1. The Bertz CT molecular complexity index is 333. The van der Waals surface area contributed by atoms with Gasteiger partial charge < -0.3 is 9.84 Å². The Morgan fingerprint density at radius 2 is 2.36 bits per heavy atom. The van der Waals surface area contributed by atoms with Crippen LogP contribution >= 0.6 is 27.3 Å². The fourth-order valence-electron chi connectivity index (χ4n) is 0.948. The SMILES string of the molecule is CCOC(=O)[C@](C)(O)c1ccc(Br)s1. The summed E-state index contributed by atoms with van der Waals surface area (Å²) in [6.45, 7) is 3.41. The quantitative estimate of drug-likeness (QED) is 0.863. The molecule has 0 bridgehead atoms. The molecule has 1 aromatic rings. The van der Waals surface area contributed by atoms with Crippen molar-refractivity contribution in [2.45, 2.75) is 19.4 Å². The first-order chi connectivity index (χ1) is 6.48. The number of esters is 1. The van der Waals surface area contributed by atoms with Crippen molar-refractivity contribution in [1.29, 1.82) is 0 Å². The number of rotatable bonds is 3. The number of ether oxygens (including phenoxy) is 1. The first kappa shape index (κ1) is 11.7. The van der Waals surface area contributed by atoms with Crippen molar-refractivity contribution in [3.8, 4) is 0 Å². The van der Waals surface area contributed by atoms with Crippen LogP contribution in [-0.2, 0) is 15.1 Å². The van der Waals surface area contributed by atoms with Crippen LogP contribution in [0.3, 0.4) is 0 Å².